The van der Waals surface area contributed by atoms with Gasteiger partial charge in [-0.25, -0.2) is 9.97 Å². The molecule has 0 saturated carbocycles. The minimum atomic E-state index is 0.816. The van der Waals surface area contributed by atoms with Gasteiger partial charge >= 0.3 is 0 Å². The van der Waals surface area contributed by atoms with Crippen LogP contribution < -0.4 is 0 Å². The number of hydrogen-bond acceptors (Lipinski definition) is 2. The van der Waals surface area contributed by atoms with Crippen LogP contribution >= 0.6 is 0 Å². The largest absolute Gasteiger partial charge is 0.309 e. The smallest absolute Gasteiger partial charge is 0.129 e. The summed E-state index contributed by atoms with van der Waals surface area (Å²) in [6.45, 7) is 8.39. The Morgan fingerprint density at radius 3 is 1.45 bits per heavy atom. The highest BCUT2D eigenvalue weighted by atomic mass is 15.0. The van der Waals surface area contributed by atoms with Crippen LogP contribution in [0.5, 0.6) is 0 Å². The van der Waals surface area contributed by atoms with E-state index in [4.69, 9.17) is 9.97 Å². The number of rotatable bonds is 10. The van der Waals surface area contributed by atoms with Gasteiger partial charge < -0.3 is 9.13 Å². The van der Waals surface area contributed by atoms with Crippen LogP contribution in [0.2, 0.25) is 0 Å². The summed E-state index contributed by atoms with van der Waals surface area (Å²) in [5, 5.41) is 3.72. The second-order valence-corrected chi connectivity index (χ2v) is 15.3. The molecule has 60 heavy (non-hydrogen) atoms. The standard InChI is InChI=1S/C56H44N4/c1-4-15-52-46(6-3)47-21-7-10-24-53(47)59(52)44-19-13-17-42(35-44)38-27-31-40(32-28-38)50-37-51(58-56(57-50)16-5-2)41-33-29-39(30-34-41)43-18-14-20-45(36-43)60-54-25-11-8-22-48(54)49-23-9-12-26-55(49)60/h4,6-15,17-37H,3,5,16H2,1-2H3/b15-4-. The summed E-state index contributed by atoms with van der Waals surface area (Å²) >= 11 is 0. The molecule has 0 atom stereocenters. The minimum Gasteiger partial charge on any atom is -0.309 e. The second kappa shape index (κ2) is 15.7. The number of hydrogen-bond donors (Lipinski definition) is 0. The van der Waals surface area contributed by atoms with Crippen molar-refractivity contribution >= 4 is 44.9 Å². The molecule has 0 bridgehead atoms. The molecule has 0 radical (unpaired) electrons. The number of aromatic nitrogens is 4. The van der Waals surface area contributed by atoms with E-state index in [1.807, 2.05) is 6.08 Å². The molecule has 4 heteroatoms. The van der Waals surface area contributed by atoms with Crippen LogP contribution in [0.4, 0.5) is 0 Å². The van der Waals surface area contributed by atoms with E-state index in [0.29, 0.717) is 0 Å². The molecule has 0 saturated heterocycles. The summed E-state index contributed by atoms with van der Waals surface area (Å²) in [5.74, 6) is 0.861. The Labute approximate surface area is 351 Å². The summed E-state index contributed by atoms with van der Waals surface area (Å²) < 4.78 is 4.70. The van der Waals surface area contributed by atoms with Crippen LogP contribution in [0, 0.1) is 0 Å². The van der Waals surface area contributed by atoms with E-state index in [1.54, 1.807) is 0 Å². The molecular weight excluding hydrogens is 729 g/mol. The topological polar surface area (TPSA) is 35.6 Å². The Morgan fingerprint density at radius 1 is 0.483 bits per heavy atom. The van der Waals surface area contributed by atoms with Crippen LogP contribution in [0.15, 0.2) is 189 Å². The highest BCUT2D eigenvalue weighted by Gasteiger charge is 2.16. The highest BCUT2D eigenvalue weighted by Crippen LogP contribution is 2.36. The molecule has 288 valence electrons. The van der Waals surface area contributed by atoms with Crippen molar-refractivity contribution in [2.45, 2.75) is 26.7 Å². The molecule has 4 nitrogen and oxygen atoms in total. The van der Waals surface area contributed by atoms with E-state index in [0.717, 1.165) is 86.0 Å². The Kier molecular flexibility index (Phi) is 9.59. The molecule has 3 aromatic heterocycles. The van der Waals surface area contributed by atoms with Gasteiger partial charge in [-0.2, -0.15) is 0 Å². The molecule has 0 N–H and O–H groups in total. The predicted molar refractivity (Wildman–Crippen MR) is 254 cm³/mol. The SMILES string of the molecule is C=Cc1c(/C=C\C)n(-c2cccc(-c3ccc(-c4cc(-c5ccc(-c6cccc(-n7c8ccccc8c8ccccc87)c6)cc5)nc(CCC)n4)cc3)c2)c2ccccc12. The van der Waals surface area contributed by atoms with Gasteiger partial charge in [-0.3, -0.25) is 0 Å². The van der Waals surface area contributed by atoms with Gasteiger partial charge in [0.2, 0.25) is 0 Å². The summed E-state index contributed by atoms with van der Waals surface area (Å²) in [6, 6.07) is 63.1. The molecule has 0 aliphatic rings. The lowest BCUT2D eigenvalue weighted by atomic mass is 10.00. The maximum absolute atomic E-state index is 5.05. The first-order chi connectivity index (χ1) is 29.6. The maximum atomic E-state index is 5.05. The summed E-state index contributed by atoms with van der Waals surface area (Å²) in [6.07, 6.45) is 8.01. The molecule has 10 aromatic rings. The Balaban J connectivity index is 0.953. The summed E-state index contributed by atoms with van der Waals surface area (Å²) in [4.78, 5) is 10.1. The number of aryl methyl sites for hydroxylation is 1. The third kappa shape index (κ3) is 6.53. The van der Waals surface area contributed by atoms with Gasteiger partial charge in [-0.05, 0) is 90.2 Å². The molecule has 0 spiro atoms. The summed E-state index contributed by atoms with van der Waals surface area (Å²) in [7, 11) is 0. The lowest BCUT2D eigenvalue weighted by Gasteiger charge is -2.13. The van der Waals surface area contributed by atoms with Gasteiger partial charge in [-0.1, -0.05) is 153 Å². The lowest BCUT2D eigenvalue weighted by Crippen LogP contribution is -1.99. The van der Waals surface area contributed by atoms with Gasteiger partial charge in [0.1, 0.15) is 5.82 Å². The zero-order chi connectivity index (χ0) is 40.6. The van der Waals surface area contributed by atoms with Gasteiger partial charge in [-0.15, -0.1) is 0 Å². The Bertz CT molecular complexity index is 3180. The first-order valence-electron chi connectivity index (χ1n) is 20.8. The van der Waals surface area contributed by atoms with Crippen molar-refractivity contribution < 1.29 is 0 Å². The lowest BCUT2D eigenvalue weighted by molar-refractivity contribution is 0.838. The molecule has 7 aromatic carbocycles. The van der Waals surface area contributed by atoms with Gasteiger partial charge in [0.25, 0.3) is 0 Å². The Hall–Kier alpha value is -7.56. The average Bonchev–Trinajstić information content (AvgIpc) is 3.81. The maximum Gasteiger partial charge on any atom is 0.129 e. The number of benzene rings is 7. The monoisotopic (exact) mass is 772 g/mol. The van der Waals surface area contributed by atoms with E-state index >= 15 is 0 Å². The third-order valence-electron chi connectivity index (χ3n) is 11.5. The number of nitrogens with zero attached hydrogens (tertiary/aromatic N) is 4. The van der Waals surface area contributed by atoms with Crippen LogP contribution in [0.25, 0.3) is 101 Å². The molecule has 0 unspecified atom stereocenters. The first-order valence-corrected chi connectivity index (χ1v) is 20.8. The van der Waals surface area contributed by atoms with Gasteiger partial charge in [0.15, 0.2) is 0 Å². The van der Waals surface area contributed by atoms with E-state index in [2.05, 4.69) is 218 Å². The highest BCUT2D eigenvalue weighted by molar-refractivity contribution is 6.09. The van der Waals surface area contributed by atoms with Crippen LogP contribution in [0.3, 0.4) is 0 Å². The average molecular weight is 773 g/mol. The summed E-state index contributed by atoms with van der Waals surface area (Å²) in [5.41, 5.74) is 16.7. The third-order valence-corrected chi connectivity index (χ3v) is 11.5. The van der Waals surface area contributed by atoms with Crippen molar-refractivity contribution in [2.75, 3.05) is 0 Å². The fraction of sp³-hybridized carbons (Fsp3) is 0.0714. The molecule has 0 amide bonds. The fourth-order valence-electron chi connectivity index (χ4n) is 8.74. The number of allylic oxidation sites excluding steroid dienone is 1. The predicted octanol–water partition coefficient (Wildman–Crippen LogP) is 14.8. The van der Waals surface area contributed by atoms with Crippen molar-refractivity contribution in [1.82, 2.24) is 19.1 Å². The number of fused-ring (bicyclic) bond motifs is 4. The van der Waals surface area contributed by atoms with Crippen LogP contribution in [-0.2, 0) is 6.42 Å². The zero-order valence-electron chi connectivity index (χ0n) is 33.9. The van der Waals surface area contributed by atoms with Crippen molar-refractivity contribution in [3.05, 3.63) is 206 Å². The zero-order valence-corrected chi connectivity index (χ0v) is 33.9. The van der Waals surface area contributed by atoms with Gasteiger partial charge in [0.05, 0.1) is 33.6 Å². The minimum absolute atomic E-state index is 0.816. The fourth-order valence-corrected chi connectivity index (χ4v) is 8.74. The van der Waals surface area contributed by atoms with Crippen molar-refractivity contribution in [2.24, 2.45) is 0 Å². The molecule has 10 rings (SSSR count). The van der Waals surface area contributed by atoms with E-state index < -0.39 is 0 Å². The Morgan fingerprint density at radius 2 is 0.950 bits per heavy atom. The quantitative estimate of drug-likeness (QED) is 0.139. The number of para-hydroxylation sites is 3. The van der Waals surface area contributed by atoms with Crippen molar-refractivity contribution in [3.63, 3.8) is 0 Å². The second-order valence-electron chi connectivity index (χ2n) is 15.3. The van der Waals surface area contributed by atoms with Crippen LogP contribution in [-0.4, -0.2) is 19.1 Å². The van der Waals surface area contributed by atoms with Crippen molar-refractivity contribution in [3.8, 4) is 56.1 Å². The first kappa shape index (κ1) is 36.8. The normalized spacial score (nSPS) is 11.6. The van der Waals surface area contributed by atoms with E-state index in [-0.39, 0.29) is 0 Å². The molecule has 0 aliphatic carbocycles. The molecule has 3 heterocycles. The molecular formula is C56H44N4. The van der Waals surface area contributed by atoms with E-state index in [1.165, 1.54) is 32.8 Å². The van der Waals surface area contributed by atoms with E-state index in [9.17, 15) is 0 Å². The molecule has 0 fully saturated rings. The van der Waals surface area contributed by atoms with Crippen LogP contribution in [0.1, 0.15) is 37.4 Å². The molecule has 0 aliphatic heterocycles. The van der Waals surface area contributed by atoms with Gasteiger partial charge in [0, 0.05) is 50.6 Å². The van der Waals surface area contributed by atoms with Crippen molar-refractivity contribution in [1.29, 1.82) is 0 Å².